The minimum Gasteiger partial charge on any atom is -0.491 e. The Kier molecular flexibility index (Phi) is 10.1. The van der Waals surface area contributed by atoms with Crippen LogP contribution in [0.3, 0.4) is 0 Å². The molecule has 0 spiro atoms. The lowest BCUT2D eigenvalue weighted by molar-refractivity contribution is -0.137. The molecule has 2 unspecified atom stereocenters. The third-order valence-corrected chi connectivity index (χ3v) is 5.42. The van der Waals surface area contributed by atoms with Crippen LogP contribution in [0.1, 0.15) is 13.8 Å². The predicted octanol–water partition coefficient (Wildman–Crippen LogP) is 2.83. The maximum atomic E-state index is 13.0. The molecule has 0 bridgehead atoms. The van der Waals surface area contributed by atoms with Crippen molar-refractivity contribution >= 4 is 5.91 Å². The minimum absolute atomic E-state index is 0.0212. The van der Waals surface area contributed by atoms with E-state index in [0.717, 1.165) is 0 Å². The maximum Gasteiger partial charge on any atom is 0.260 e. The number of amides is 1. The number of carbonyl (C=O) groups is 1. The van der Waals surface area contributed by atoms with Crippen LogP contribution in [-0.4, -0.2) is 85.6 Å². The van der Waals surface area contributed by atoms with Gasteiger partial charge in [0.05, 0.1) is 12.7 Å². The number of nitrogens with zero attached hydrogens (tertiary/aromatic N) is 2. The second kappa shape index (κ2) is 13.3. The first-order chi connectivity index (χ1) is 16.4. The molecule has 1 N–H and O–H groups in total. The van der Waals surface area contributed by atoms with Crippen molar-refractivity contribution in [3.63, 3.8) is 0 Å². The normalized spacial score (nSPS) is 17.4. The zero-order valence-electron chi connectivity index (χ0n) is 19.9. The SMILES string of the molecule is CC(C)CN(CC1CN(CC(O)COc2ccc(F)cc2)CCO1)C(=O)COc1ccccc1. The van der Waals surface area contributed by atoms with Crippen molar-refractivity contribution in [3.8, 4) is 11.5 Å². The number of para-hydroxylation sites is 1. The van der Waals surface area contributed by atoms with E-state index in [0.29, 0.717) is 56.7 Å². The van der Waals surface area contributed by atoms with Gasteiger partial charge in [-0.25, -0.2) is 4.39 Å². The Morgan fingerprint density at radius 1 is 1.15 bits per heavy atom. The van der Waals surface area contributed by atoms with Gasteiger partial charge in [-0.1, -0.05) is 32.0 Å². The van der Waals surface area contributed by atoms with Gasteiger partial charge in [0.25, 0.3) is 5.91 Å². The summed E-state index contributed by atoms with van der Waals surface area (Å²) in [6.45, 7) is 7.58. The van der Waals surface area contributed by atoms with Gasteiger partial charge in [-0.05, 0) is 42.3 Å². The van der Waals surface area contributed by atoms with Gasteiger partial charge in [0.1, 0.15) is 30.0 Å². The first-order valence-electron chi connectivity index (χ1n) is 11.7. The molecule has 3 rings (SSSR count). The molecule has 34 heavy (non-hydrogen) atoms. The van der Waals surface area contributed by atoms with E-state index < -0.39 is 6.10 Å². The van der Waals surface area contributed by atoms with Gasteiger partial charge in [0, 0.05) is 32.7 Å². The van der Waals surface area contributed by atoms with Crippen molar-refractivity contribution in [2.45, 2.75) is 26.1 Å². The van der Waals surface area contributed by atoms with Crippen LogP contribution in [0.4, 0.5) is 4.39 Å². The van der Waals surface area contributed by atoms with E-state index >= 15 is 0 Å². The molecule has 1 aliphatic rings. The van der Waals surface area contributed by atoms with E-state index in [1.807, 2.05) is 30.3 Å². The van der Waals surface area contributed by atoms with Gasteiger partial charge in [0.2, 0.25) is 0 Å². The van der Waals surface area contributed by atoms with Gasteiger partial charge < -0.3 is 24.2 Å². The molecule has 186 valence electrons. The van der Waals surface area contributed by atoms with Gasteiger partial charge in [-0.3, -0.25) is 9.69 Å². The van der Waals surface area contributed by atoms with Crippen LogP contribution in [0.25, 0.3) is 0 Å². The van der Waals surface area contributed by atoms with Gasteiger partial charge in [-0.15, -0.1) is 0 Å². The van der Waals surface area contributed by atoms with Crippen molar-refractivity contribution < 1.29 is 28.5 Å². The minimum atomic E-state index is -0.698. The largest absolute Gasteiger partial charge is 0.491 e. The zero-order chi connectivity index (χ0) is 24.3. The van der Waals surface area contributed by atoms with Crippen molar-refractivity contribution in [1.82, 2.24) is 9.80 Å². The third kappa shape index (κ3) is 8.93. The van der Waals surface area contributed by atoms with E-state index in [2.05, 4.69) is 18.7 Å². The predicted molar refractivity (Wildman–Crippen MR) is 127 cm³/mol. The molecule has 1 amide bonds. The molecule has 1 saturated heterocycles. The second-order valence-electron chi connectivity index (χ2n) is 8.97. The van der Waals surface area contributed by atoms with E-state index in [1.54, 1.807) is 4.90 Å². The number of ether oxygens (including phenoxy) is 3. The molecule has 2 atom stereocenters. The number of aliphatic hydroxyl groups is 1. The quantitative estimate of drug-likeness (QED) is 0.510. The number of aliphatic hydroxyl groups excluding tert-OH is 1. The van der Waals surface area contributed by atoms with Crippen LogP contribution in [0.2, 0.25) is 0 Å². The highest BCUT2D eigenvalue weighted by atomic mass is 19.1. The first kappa shape index (κ1) is 25.9. The highest BCUT2D eigenvalue weighted by Crippen LogP contribution is 2.14. The number of β-amino-alcohol motifs (C(OH)–C–C–N with tert-alkyl or cyclic N) is 1. The molecule has 1 fully saturated rings. The van der Waals surface area contributed by atoms with Crippen molar-refractivity contribution in [2.75, 3.05) is 52.5 Å². The Morgan fingerprint density at radius 3 is 2.56 bits per heavy atom. The van der Waals surface area contributed by atoms with Gasteiger partial charge in [0.15, 0.2) is 6.61 Å². The number of benzene rings is 2. The summed E-state index contributed by atoms with van der Waals surface area (Å²) in [5.41, 5.74) is 0. The Balaban J connectivity index is 1.47. The number of rotatable bonds is 12. The summed E-state index contributed by atoms with van der Waals surface area (Å²) in [4.78, 5) is 16.8. The number of hydrogen-bond donors (Lipinski definition) is 1. The number of carbonyl (C=O) groups excluding carboxylic acids is 1. The average Bonchev–Trinajstić information content (AvgIpc) is 2.82. The van der Waals surface area contributed by atoms with Crippen LogP contribution in [0, 0.1) is 11.7 Å². The molecule has 7 nitrogen and oxygen atoms in total. The van der Waals surface area contributed by atoms with Crippen molar-refractivity contribution in [2.24, 2.45) is 5.92 Å². The summed E-state index contributed by atoms with van der Waals surface area (Å²) in [7, 11) is 0. The van der Waals surface area contributed by atoms with E-state index in [4.69, 9.17) is 14.2 Å². The Morgan fingerprint density at radius 2 is 1.85 bits per heavy atom. The number of halogens is 1. The topological polar surface area (TPSA) is 71.5 Å². The van der Waals surface area contributed by atoms with Crippen LogP contribution in [0.5, 0.6) is 11.5 Å². The second-order valence-corrected chi connectivity index (χ2v) is 8.97. The fraction of sp³-hybridized carbons (Fsp3) is 0.500. The fourth-order valence-electron chi connectivity index (χ4n) is 3.85. The lowest BCUT2D eigenvalue weighted by atomic mass is 10.1. The van der Waals surface area contributed by atoms with E-state index in [-0.39, 0.29) is 31.0 Å². The highest BCUT2D eigenvalue weighted by molar-refractivity contribution is 5.77. The van der Waals surface area contributed by atoms with Crippen LogP contribution in [-0.2, 0) is 9.53 Å². The molecule has 0 aromatic heterocycles. The molecule has 2 aromatic rings. The highest BCUT2D eigenvalue weighted by Gasteiger charge is 2.27. The maximum absolute atomic E-state index is 13.0. The van der Waals surface area contributed by atoms with Crippen LogP contribution >= 0.6 is 0 Å². The molecule has 1 heterocycles. The fourth-order valence-corrected chi connectivity index (χ4v) is 3.85. The summed E-state index contributed by atoms with van der Waals surface area (Å²) < 4.78 is 30.1. The first-order valence-corrected chi connectivity index (χ1v) is 11.7. The standard InChI is InChI=1S/C26H35FN2O5/c1-20(2)14-29(26(31)19-34-23-6-4-3-5-7-23)17-25-16-28(12-13-32-25)15-22(30)18-33-24-10-8-21(27)9-11-24/h3-11,20,22,25,30H,12-19H2,1-2H3. The number of morpholine rings is 1. The lowest BCUT2D eigenvalue weighted by Crippen LogP contribution is -2.51. The summed E-state index contributed by atoms with van der Waals surface area (Å²) in [5.74, 6) is 1.08. The molecule has 0 aliphatic carbocycles. The molecule has 2 aromatic carbocycles. The zero-order valence-corrected chi connectivity index (χ0v) is 19.9. The third-order valence-electron chi connectivity index (χ3n) is 5.42. The Hall–Kier alpha value is -2.68. The summed E-state index contributed by atoms with van der Waals surface area (Å²) in [6.07, 6.45) is -0.852. The molecule has 0 radical (unpaired) electrons. The lowest BCUT2D eigenvalue weighted by Gasteiger charge is -2.37. The Bertz CT molecular complexity index is 865. The number of hydrogen-bond acceptors (Lipinski definition) is 6. The van der Waals surface area contributed by atoms with E-state index in [1.165, 1.54) is 24.3 Å². The Labute approximate surface area is 201 Å². The monoisotopic (exact) mass is 474 g/mol. The van der Waals surface area contributed by atoms with E-state index in [9.17, 15) is 14.3 Å². The van der Waals surface area contributed by atoms with Gasteiger partial charge >= 0.3 is 0 Å². The van der Waals surface area contributed by atoms with Crippen molar-refractivity contribution in [1.29, 1.82) is 0 Å². The average molecular weight is 475 g/mol. The van der Waals surface area contributed by atoms with Crippen molar-refractivity contribution in [3.05, 3.63) is 60.4 Å². The molecular formula is C26H35FN2O5. The van der Waals surface area contributed by atoms with Crippen LogP contribution < -0.4 is 9.47 Å². The summed E-state index contributed by atoms with van der Waals surface area (Å²) in [5, 5.41) is 10.4. The van der Waals surface area contributed by atoms with Crippen LogP contribution in [0.15, 0.2) is 54.6 Å². The molecule has 8 heteroatoms. The smallest absolute Gasteiger partial charge is 0.260 e. The molecule has 0 saturated carbocycles. The molecule has 1 aliphatic heterocycles. The van der Waals surface area contributed by atoms with Gasteiger partial charge in [-0.2, -0.15) is 0 Å². The summed E-state index contributed by atoms with van der Waals surface area (Å²) >= 11 is 0. The molecular weight excluding hydrogens is 439 g/mol. The summed E-state index contributed by atoms with van der Waals surface area (Å²) in [6, 6.07) is 15.0.